The van der Waals surface area contributed by atoms with Crippen LogP contribution in [-0.4, -0.2) is 57.0 Å². The van der Waals surface area contributed by atoms with Crippen LogP contribution < -0.4 is 14.8 Å². The Morgan fingerprint density at radius 3 is 2.38 bits per heavy atom. The van der Waals surface area contributed by atoms with E-state index in [1.807, 2.05) is 20.8 Å². The minimum absolute atomic E-state index is 0.121. The van der Waals surface area contributed by atoms with E-state index in [2.05, 4.69) is 5.32 Å². The van der Waals surface area contributed by atoms with Crippen LogP contribution in [0.2, 0.25) is 0 Å². The first-order valence-corrected chi connectivity index (χ1v) is 12.6. The Kier molecular flexibility index (Phi) is 8.51. The molecule has 3 rings (SSSR count). The maximum atomic E-state index is 13.0. The van der Waals surface area contributed by atoms with Crippen molar-refractivity contribution in [2.75, 3.05) is 31.7 Å². The number of anilines is 1. The number of nitrogens with one attached hydrogen (secondary N) is 1. The van der Waals surface area contributed by atoms with Crippen LogP contribution in [0.1, 0.15) is 32.3 Å². The fourth-order valence-electron chi connectivity index (χ4n) is 3.67. The van der Waals surface area contributed by atoms with Crippen LogP contribution >= 0.6 is 0 Å². The molecule has 1 amide bonds. The van der Waals surface area contributed by atoms with Gasteiger partial charge in [0.15, 0.2) is 18.1 Å². The van der Waals surface area contributed by atoms with Crippen molar-refractivity contribution in [2.24, 2.45) is 0 Å². The van der Waals surface area contributed by atoms with Crippen molar-refractivity contribution in [3.8, 4) is 11.5 Å². The highest BCUT2D eigenvalue weighted by Crippen LogP contribution is 2.31. The van der Waals surface area contributed by atoms with E-state index in [1.54, 1.807) is 30.3 Å². The fourth-order valence-corrected chi connectivity index (χ4v) is 5.31. The standard InChI is InChI=1S/C24H30N2O7S/c1-4-31-21-13-10-18(15-22(21)32-5-2)25-23(27)16-33-24(28)20-7-6-14-26(20)34(29,30)19-11-8-17(3)9-12-19/h8-13,15,20H,4-7,14,16H2,1-3H3,(H,25,27). The molecule has 0 spiro atoms. The third-order valence-corrected chi connectivity index (χ3v) is 7.20. The van der Waals surface area contributed by atoms with Crippen LogP contribution in [0, 0.1) is 6.92 Å². The smallest absolute Gasteiger partial charge is 0.324 e. The Hall–Kier alpha value is -3.11. The number of amides is 1. The van der Waals surface area contributed by atoms with Crippen molar-refractivity contribution >= 4 is 27.6 Å². The lowest BCUT2D eigenvalue weighted by atomic mass is 10.2. The van der Waals surface area contributed by atoms with Crippen molar-refractivity contribution in [1.29, 1.82) is 0 Å². The maximum Gasteiger partial charge on any atom is 0.324 e. The molecule has 10 heteroatoms. The molecule has 1 saturated heterocycles. The van der Waals surface area contributed by atoms with Gasteiger partial charge in [0.2, 0.25) is 10.0 Å². The van der Waals surface area contributed by atoms with Gasteiger partial charge in [-0.1, -0.05) is 17.7 Å². The number of ether oxygens (including phenoxy) is 3. The molecule has 0 radical (unpaired) electrons. The highest BCUT2D eigenvalue weighted by atomic mass is 32.2. The Balaban J connectivity index is 1.61. The molecule has 1 aliphatic rings. The zero-order chi connectivity index (χ0) is 24.7. The Labute approximate surface area is 200 Å². The lowest BCUT2D eigenvalue weighted by molar-refractivity contribution is -0.150. The van der Waals surface area contributed by atoms with E-state index in [9.17, 15) is 18.0 Å². The third kappa shape index (κ3) is 6.06. The molecule has 9 nitrogen and oxygen atoms in total. The highest BCUT2D eigenvalue weighted by molar-refractivity contribution is 7.89. The number of rotatable bonds is 10. The van der Waals surface area contributed by atoms with Crippen LogP contribution in [-0.2, 0) is 24.3 Å². The van der Waals surface area contributed by atoms with E-state index in [0.29, 0.717) is 43.2 Å². The van der Waals surface area contributed by atoms with Crippen molar-refractivity contribution in [3.63, 3.8) is 0 Å². The largest absolute Gasteiger partial charge is 0.490 e. The molecule has 0 bridgehead atoms. The summed E-state index contributed by atoms with van der Waals surface area (Å²) in [7, 11) is -3.85. The number of carbonyl (C=O) groups excluding carboxylic acids is 2. The first-order chi connectivity index (χ1) is 16.3. The molecule has 2 aromatic carbocycles. The molecular formula is C24H30N2O7S. The van der Waals surface area contributed by atoms with Gasteiger partial charge in [0, 0.05) is 18.3 Å². The molecule has 1 N–H and O–H groups in total. The summed E-state index contributed by atoms with van der Waals surface area (Å²) in [6.45, 7) is 6.14. The summed E-state index contributed by atoms with van der Waals surface area (Å²) < 4.78 is 43.4. The number of esters is 1. The molecule has 1 unspecified atom stereocenters. The van der Waals surface area contributed by atoms with Gasteiger partial charge in [0.25, 0.3) is 5.91 Å². The number of aryl methyl sites for hydroxylation is 1. The van der Waals surface area contributed by atoms with Crippen molar-refractivity contribution in [1.82, 2.24) is 4.31 Å². The number of benzene rings is 2. The molecule has 0 saturated carbocycles. The lowest BCUT2D eigenvalue weighted by Crippen LogP contribution is -2.42. The van der Waals surface area contributed by atoms with Crippen LogP contribution in [0.25, 0.3) is 0 Å². The molecule has 2 aromatic rings. The SMILES string of the molecule is CCOc1ccc(NC(=O)COC(=O)C2CCCN2S(=O)(=O)c2ccc(C)cc2)cc1OCC. The lowest BCUT2D eigenvalue weighted by Gasteiger charge is -2.22. The van der Waals surface area contributed by atoms with E-state index in [-0.39, 0.29) is 11.4 Å². The summed E-state index contributed by atoms with van der Waals surface area (Å²) in [6, 6.07) is 10.5. The normalized spacial score (nSPS) is 16.1. The van der Waals surface area contributed by atoms with Gasteiger partial charge in [0.1, 0.15) is 6.04 Å². The average Bonchev–Trinajstić information content (AvgIpc) is 3.31. The summed E-state index contributed by atoms with van der Waals surface area (Å²) in [5.74, 6) is -0.247. The quantitative estimate of drug-likeness (QED) is 0.509. The maximum absolute atomic E-state index is 13.0. The molecule has 184 valence electrons. The van der Waals surface area contributed by atoms with Crippen LogP contribution in [0.5, 0.6) is 11.5 Å². The van der Waals surface area contributed by atoms with Crippen molar-refractivity contribution in [3.05, 3.63) is 48.0 Å². The molecule has 0 aromatic heterocycles. The molecule has 34 heavy (non-hydrogen) atoms. The number of hydrogen-bond donors (Lipinski definition) is 1. The van der Waals surface area contributed by atoms with Gasteiger partial charge in [-0.2, -0.15) is 4.31 Å². The summed E-state index contributed by atoms with van der Waals surface area (Å²) >= 11 is 0. The topological polar surface area (TPSA) is 111 Å². The summed E-state index contributed by atoms with van der Waals surface area (Å²) in [6.07, 6.45) is 0.867. The minimum Gasteiger partial charge on any atom is -0.490 e. The predicted octanol–water partition coefficient (Wildman–Crippen LogP) is 3.13. The van der Waals surface area contributed by atoms with E-state index < -0.39 is 34.5 Å². The Bertz CT molecular complexity index is 1120. The average molecular weight is 491 g/mol. The van der Waals surface area contributed by atoms with Gasteiger partial charge < -0.3 is 19.5 Å². The Morgan fingerprint density at radius 1 is 1.03 bits per heavy atom. The van der Waals surface area contributed by atoms with E-state index in [4.69, 9.17) is 14.2 Å². The van der Waals surface area contributed by atoms with Gasteiger partial charge >= 0.3 is 5.97 Å². The number of nitrogens with zero attached hydrogens (tertiary/aromatic N) is 1. The molecule has 1 atom stereocenters. The van der Waals surface area contributed by atoms with Gasteiger partial charge in [0.05, 0.1) is 18.1 Å². The van der Waals surface area contributed by atoms with E-state index >= 15 is 0 Å². The number of hydrogen-bond acceptors (Lipinski definition) is 7. The van der Waals surface area contributed by atoms with Crippen molar-refractivity contribution in [2.45, 2.75) is 44.6 Å². The minimum atomic E-state index is -3.85. The van der Waals surface area contributed by atoms with E-state index in [1.165, 1.54) is 12.1 Å². The summed E-state index contributed by atoms with van der Waals surface area (Å²) in [5, 5.41) is 2.65. The first-order valence-electron chi connectivity index (χ1n) is 11.2. The van der Waals surface area contributed by atoms with Gasteiger partial charge in [-0.3, -0.25) is 9.59 Å². The second kappa shape index (κ2) is 11.3. The zero-order valence-electron chi connectivity index (χ0n) is 19.6. The second-order valence-electron chi connectivity index (χ2n) is 7.77. The monoisotopic (exact) mass is 490 g/mol. The van der Waals surface area contributed by atoms with Gasteiger partial charge in [-0.05, 0) is 57.9 Å². The second-order valence-corrected chi connectivity index (χ2v) is 9.66. The van der Waals surface area contributed by atoms with Crippen LogP contribution in [0.15, 0.2) is 47.4 Å². The summed E-state index contributed by atoms with van der Waals surface area (Å²) in [4.78, 5) is 25.1. The number of sulfonamides is 1. The zero-order valence-corrected chi connectivity index (χ0v) is 20.4. The Morgan fingerprint density at radius 2 is 1.71 bits per heavy atom. The van der Waals surface area contributed by atoms with Crippen LogP contribution in [0.3, 0.4) is 0 Å². The van der Waals surface area contributed by atoms with Crippen LogP contribution in [0.4, 0.5) is 5.69 Å². The van der Waals surface area contributed by atoms with Gasteiger partial charge in [-0.25, -0.2) is 8.42 Å². The van der Waals surface area contributed by atoms with Crippen molar-refractivity contribution < 1.29 is 32.2 Å². The van der Waals surface area contributed by atoms with E-state index in [0.717, 1.165) is 9.87 Å². The number of carbonyl (C=O) groups is 2. The molecule has 1 aliphatic heterocycles. The highest BCUT2D eigenvalue weighted by Gasteiger charge is 2.40. The predicted molar refractivity (Wildman–Crippen MR) is 126 cm³/mol. The molecule has 1 heterocycles. The first kappa shape index (κ1) is 25.5. The molecular weight excluding hydrogens is 460 g/mol. The third-order valence-electron chi connectivity index (χ3n) is 5.28. The van der Waals surface area contributed by atoms with Gasteiger partial charge in [-0.15, -0.1) is 0 Å². The molecule has 1 fully saturated rings. The molecule has 0 aliphatic carbocycles. The fraction of sp³-hybridized carbons (Fsp3) is 0.417. The summed E-state index contributed by atoms with van der Waals surface area (Å²) in [5.41, 5.74) is 1.39.